The SMILES string of the molecule is Cc1nnc(NC2CCN(C(=O)c3ccccc3F)CC2)c(C#N)c1C. The molecule has 7 heteroatoms. The van der Waals surface area contributed by atoms with Gasteiger partial charge >= 0.3 is 0 Å². The molecule has 0 saturated carbocycles. The standard InChI is InChI=1S/C19H20FN5O/c1-12-13(2)23-24-18(16(12)11-21)22-14-7-9-25(10-8-14)19(26)15-5-3-4-6-17(15)20/h3-6,14H,7-10H2,1-2H3,(H,22,24). The summed E-state index contributed by atoms with van der Waals surface area (Å²) in [7, 11) is 0. The van der Waals surface area contributed by atoms with Crippen LogP contribution in [0.25, 0.3) is 0 Å². The van der Waals surface area contributed by atoms with E-state index >= 15 is 0 Å². The number of rotatable bonds is 3. The summed E-state index contributed by atoms with van der Waals surface area (Å²) in [5.74, 6) is -0.304. The zero-order chi connectivity index (χ0) is 18.7. The first kappa shape index (κ1) is 17.8. The van der Waals surface area contributed by atoms with Gasteiger partial charge < -0.3 is 10.2 Å². The molecule has 26 heavy (non-hydrogen) atoms. The van der Waals surface area contributed by atoms with E-state index in [1.165, 1.54) is 12.1 Å². The summed E-state index contributed by atoms with van der Waals surface area (Å²) in [5, 5.41) is 20.8. The molecule has 1 N–H and O–H groups in total. The summed E-state index contributed by atoms with van der Waals surface area (Å²) in [6.07, 6.45) is 1.39. The van der Waals surface area contributed by atoms with Crippen LogP contribution < -0.4 is 5.32 Å². The largest absolute Gasteiger partial charge is 0.365 e. The Morgan fingerprint density at radius 1 is 1.27 bits per heavy atom. The monoisotopic (exact) mass is 353 g/mol. The van der Waals surface area contributed by atoms with Crippen molar-refractivity contribution in [1.82, 2.24) is 15.1 Å². The third-order valence-electron chi connectivity index (χ3n) is 4.79. The molecule has 6 nitrogen and oxygen atoms in total. The minimum absolute atomic E-state index is 0.0863. The summed E-state index contributed by atoms with van der Waals surface area (Å²) >= 11 is 0. The maximum absolute atomic E-state index is 13.8. The number of aryl methyl sites for hydroxylation is 1. The zero-order valence-corrected chi connectivity index (χ0v) is 14.8. The van der Waals surface area contributed by atoms with Gasteiger partial charge in [-0.1, -0.05) is 12.1 Å². The topological polar surface area (TPSA) is 81.9 Å². The van der Waals surface area contributed by atoms with E-state index in [4.69, 9.17) is 0 Å². The predicted octanol–water partition coefficient (Wildman–Crippen LogP) is 2.82. The molecule has 1 aromatic heterocycles. The number of aromatic nitrogens is 2. The first-order valence-electron chi connectivity index (χ1n) is 8.55. The Bertz CT molecular complexity index is 869. The molecule has 0 spiro atoms. The van der Waals surface area contributed by atoms with Crippen molar-refractivity contribution in [2.75, 3.05) is 18.4 Å². The molecule has 1 aliphatic heterocycles. The van der Waals surface area contributed by atoms with Gasteiger partial charge in [0.05, 0.1) is 11.3 Å². The van der Waals surface area contributed by atoms with E-state index in [1.807, 2.05) is 13.8 Å². The number of nitrogens with zero attached hydrogens (tertiary/aromatic N) is 4. The smallest absolute Gasteiger partial charge is 0.256 e. The molecule has 1 aliphatic rings. The number of carbonyl (C=O) groups excluding carboxylic acids is 1. The Morgan fingerprint density at radius 2 is 1.96 bits per heavy atom. The summed E-state index contributed by atoms with van der Waals surface area (Å²) in [4.78, 5) is 14.1. The van der Waals surface area contributed by atoms with E-state index in [-0.39, 0.29) is 17.5 Å². The van der Waals surface area contributed by atoms with Gasteiger partial charge in [-0.15, -0.1) is 5.10 Å². The highest BCUT2D eigenvalue weighted by molar-refractivity contribution is 5.94. The van der Waals surface area contributed by atoms with Crippen LogP contribution in [0, 0.1) is 31.0 Å². The molecule has 0 radical (unpaired) electrons. The van der Waals surface area contributed by atoms with Gasteiger partial charge in [-0.3, -0.25) is 4.79 Å². The maximum Gasteiger partial charge on any atom is 0.256 e. The van der Waals surface area contributed by atoms with Gasteiger partial charge in [0, 0.05) is 19.1 Å². The molecular formula is C19H20FN5O. The molecule has 2 heterocycles. The highest BCUT2D eigenvalue weighted by Crippen LogP contribution is 2.22. The van der Waals surface area contributed by atoms with Crippen molar-refractivity contribution >= 4 is 11.7 Å². The molecule has 1 saturated heterocycles. The minimum atomic E-state index is -0.498. The van der Waals surface area contributed by atoms with Gasteiger partial charge in [-0.05, 0) is 44.4 Å². The van der Waals surface area contributed by atoms with Crippen molar-refractivity contribution in [3.05, 3.63) is 52.5 Å². The molecule has 0 atom stereocenters. The van der Waals surface area contributed by atoms with E-state index in [0.717, 1.165) is 11.3 Å². The van der Waals surface area contributed by atoms with Crippen LogP contribution in [-0.2, 0) is 0 Å². The van der Waals surface area contributed by atoms with Gasteiger partial charge in [0.2, 0.25) is 0 Å². The molecule has 0 bridgehead atoms. The lowest BCUT2D eigenvalue weighted by molar-refractivity contribution is 0.0713. The van der Waals surface area contributed by atoms with Crippen molar-refractivity contribution in [3.8, 4) is 6.07 Å². The lowest BCUT2D eigenvalue weighted by Gasteiger charge is -2.32. The quantitative estimate of drug-likeness (QED) is 0.917. The van der Waals surface area contributed by atoms with E-state index in [0.29, 0.717) is 37.3 Å². The lowest BCUT2D eigenvalue weighted by Crippen LogP contribution is -2.42. The number of hydrogen-bond donors (Lipinski definition) is 1. The van der Waals surface area contributed by atoms with E-state index in [9.17, 15) is 14.4 Å². The van der Waals surface area contributed by atoms with Crippen molar-refractivity contribution in [2.24, 2.45) is 0 Å². The van der Waals surface area contributed by atoms with Crippen molar-refractivity contribution in [2.45, 2.75) is 32.7 Å². The molecule has 0 aliphatic carbocycles. The van der Waals surface area contributed by atoms with Gasteiger partial charge in [-0.2, -0.15) is 10.4 Å². The summed E-state index contributed by atoms with van der Waals surface area (Å²) in [5.41, 5.74) is 2.16. The second-order valence-corrected chi connectivity index (χ2v) is 6.44. The third kappa shape index (κ3) is 3.49. The van der Waals surface area contributed by atoms with Crippen molar-refractivity contribution < 1.29 is 9.18 Å². The molecule has 2 aromatic rings. The minimum Gasteiger partial charge on any atom is -0.365 e. The van der Waals surface area contributed by atoms with Gasteiger partial charge in [0.15, 0.2) is 5.82 Å². The van der Waals surface area contributed by atoms with E-state index in [2.05, 4.69) is 21.6 Å². The van der Waals surface area contributed by atoms with Crippen LogP contribution in [0.3, 0.4) is 0 Å². The normalized spacial score (nSPS) is 14.8. The lowest BCUT2D eigenvalue weighted by atomic mass is 10.0. The molecule has 3 rings (SSSR count). The fourth-order valence-corrected chi connectivity index (χ4v) is 3.07. The summed E-state index contributed by atoms with van der Waals surface area (Å²) < 4.78 is 13.8. The molecule has 0 unspecified atom stereocenters. The molecule has 134 valence electrons. The molecule has 1 amide bonds. The van der Waals surface area contributed by atoms with Crippen LogP contribution in [0.5, 0.6) is 0 Å². The number of carbonyl (C=O) groups is 1. The number of amides is 1. The number of nitriles is 1. The molecular weight excluding hydrogens is 333 g/mol. The van der Waals surface area contributed by atoms with Crippen LogP contribution in [0.4, 0.5) is 10.2 Å². The predicted molar refractivity (Wildman–Crippen MR) is 95.2 cm³/mol. The van der Waals surface area contributed by atoms with Gasteiger partial charge in [0.1, 0.15) is 17.4 Å². The number of hydrogen-bond acceptors (Lipinski definition) is 5. The second-order valence-electron chi connectivity index (χ2n) is 6.44. The van der Waals surface area contributed by atoms with E-state index < -0.39 is 5.82 Å². The number of piperidine rings is 1. The highest BCUT2D eigenvalue weighted by atomic mass is 19.1. The van der Waals surface area contributed by atoms with Gasteiger partial charge in [0.25, 0.3) is 5.91 Å². The fourth-order valence-electron chi connectivity index (χ4n) is 3.07. The summed E-state index contributed by atoms with van der Waals surface area (Å²) in [6.45, 7) is 4.71. The van der Waals surface area contributed by atoms with Crippen LogP contribution in [-0.4, -0.2) is 40.1 Å². The average Bonchev–Trinajstić information content (AvgIpc) is 2.65. The number of halogens is 1. The Hall–Kier alpha value is -3.01. The van der Waals surface area contributed by atoms with Gasteiger partial charge in [-0.25, -0.2) is 4.39 Å². The average molecular weight is 353 g/mol. The summed E-state index contributed by atoms with van der Waals surface area (Å²) in [6, 6.07) is 8.29. The van der Waals surface area contributed by atoms with Crippen LogP contribution in [0.15, 0.2) is 24.3 Å². The molecule has 1 fully saturated rings. The van der Waals surface area contributed by atoms with Crippen molar-refractivity contribution in [1.29, 1.82) is 5.26 Å². The number of anilines is 1. The highest BCUT2D eigenvalue weighted by Gasteiger charge is 2.26. The zero-order valence-electron chi connectivity index (χ0n) is 14.8. The third-order valence-corrected chi connectivity index (χ3v) is 4.79. The first-order chi connectivity index (χ1) is 12.5. The maximum atomic E-state index is 13.8. The Labute approximate surface area is 151 Å². The first-order valence-corrected chi connectivity index (χ1v) is 8.55. The Morgan fingerprint density at radius 3 is 2.62 bits per heavy atom. The fraction of sp³-hybridized carbons (Fsp3) is 0.368. The number of nitrogens with one attached hydrogen (secondary N) is 1. The van der Waals surface area contributed by atoms with Crippen LogP contribution in [0.2, 0.25) is 0 Å². The Kier molecular flexibility index (Phi) is 5.12. The Balaban J connectivity index is 1.65. The number of benzene rings is 1. The van der Waals surface area contributed by atoms with Crippen LogP contribution >= 0.6 is 0 Å². The van der Waals surface area contributed by atoms with Crippen molar-refractivity contribution in [3.63, 3.8) is 0 Å². The molecule has 1 aromatic carbocycles. The van der Waals surface area contributed by atoms with E-state index in [1.54, 1.807) is 17.0 Å². The van der Waals surface area contributed by atoms with Crippen LogP contribution in [0.1, 0.15) is 40.0 Å². The second kappa shape index (κ2) is 7.48. The number of likely N-dealkylation sites (tertiary alicyclic amines) is 1.